The molecule has 2 aliphatic heterocycles. The van der Waals surface area contributed by atoms with E-state index in [0.29, 0.717) is 32.0 Å². The number of alkyl halides is 3. The number of ether oxygens (including phenoxy) is 1. The van der Waals surface area contributed by atoms with Crippen molar-refractivity contribution >= 4 is 45.2 Å². The fraction of sp³-hybridized carbons (Fsp3) is 0.500. The zero-order valence-corrected chi connectivity index (χ0v) is 15.5. The van der Waals surface area contributed by atoms with Crippen LogP contribution in [0, 0.1) is 0 Å². The summed E-state index contributed by atoms with van der Waals surface area (Å²) >= 11 is 2.89. The van der Waals surface area contributed by atoms with Crippen molar-refractivity contribution in [1.82, 2.24) is 0 Å². The smallest absolute Gasteiger partial charge is 0.378 e. The summed E-state index contributed by atoms with van der Waals surface area (Å²) in [5.74, 6) is 0.669. The molecule has 1 aromatic rings. The molecular weight excluding hydrogens is 387 g/mol. The van der Waals surface area contributed by atoms with Crippen molar-refractivity contribution in [2.45, 2.75) is 6.18 Å². The molecule has 0 saturated carbocycles. The van der Waals surface area contributed by atoms with E-state index in [9.17, 15) is 18.0 Å². The van der Waals surface area contributed by atoms with Crippen LogP contribution in [0.1, 0.15) is 5.56 Å². The Morgan fingerprint density at radius 3 is 2.77 bits per heavy atom. The number of thioether (sulfide) groups is 2. The highest BCUT2D eigenvalue weighted by molar-refractivity contribution is 8.39. The number of benzene rings is 1. The molecule has 0 atom stereocenters. The first-order valence-corrected chi connectivity index (χ1v) is 10.0. The van der Waals surface area contributed by atoms with Gasteiger partial charge in [0.05, 0.1) is 42.4 Å². The molecule has 5 nitrogen and oxygen atoms in total. The lowest BCUT2D eigenvalue weighted by molar-refractivity contribution is -0.137. The molecule has 2 heterocycles. The predicted octanol–water partition coefficient (Wildman–Crippen LogP) is 3.32. The molecule has 1 aromatic carbocycles. The molecule has 1 N–H and O–H groups in total. The number of morpholine rings is 1. The van der Waals surface area contributed by atoms with Gasteiger partial charge in [-0.1, -0.05) is 23.5 Å². The summed E-state index contributed by atoms with van der Waals surface area (Å²) in [7, 11) is 0. The summed E-state index contributed by atoms with van der Waals surface area (Å²) < 4.78 is 45.3. The van der Waals surface area contributed by atoms with E-state index >= 15 is 0 Å². The zero-order valence-electron chi connectivity index (χ0n) is 13.8. The first-order chi connectivity index (χ1) is 12.4. The number of halogens is 3. The van der Waals surface area contributed by atoms with Crippen molar-refractivity contribution < 1.29 is 22.7 Å². The lowest BCUT2D eigenvalue weighted by Gasteiger charge is -2.31. The highest BCUT2D eigenvalue weighted by Crippen LogP contribution is 2.36. The van der Waals surface area contributed by atoms with Gasteiger partial charge in [0.25, 0.3) is 0 Å². The van der Waals surface area contributed by atoms with Crippen LogP contribution in [0.4, 0.5) is 24.5 Å². The minimum Gasteiger partial charge on any atom is -0.378 e. The van der Waals surface area contributed by atoms with Crippen LogP contribution < -0.4 is 10.2 Å². The summed E-state index contributed by atoms with van der Waals surface area (Å²) in [6.07, 6.45) is -4.47. The molecule has 2 aliphatic rings. The first-order valence-electron chi connectivity index (χ1n) is 8.07. The van der Waals surface area contributed by atoms with Crippen molar-refractivity contribution in [3.8, 4) is 0 Å². The Hall–Kier alpha value is -1.39. The number of hydrogen-bond donors (Lipinski definition) is 1. The van der Waals surface area contributed by atoms with Crippen LogP contribution >= 0.6 is 23.5 Å². The topological polar surface area (TPSA) is 53.9 Å². The quantitative estimate of drug-likeness (QED) is 0.833. The summed E-state index contributed by atoms with van der Waals surface area (Å²) in [4.78, 5) is 18.4. The summed E-state index contributed by atoms with van der Waals surface area (Å²) in [6, 6.07) is 3.45. The van der Waals surface area contributed by atoms with Crippen LogP contribution in [0.15, 0.2) is 23.2 Å². The van der Waals surface area contributed by atoms with E-state index in [4.69, 9.17) is 4.74 Å². The van der Waals surface area contributed by atoms with Gasteiger partial charge in [0.15, 0.2) is 0 Å². The van der Waals surface area contributed by atoms with Crippen molar-refractivity contribution in [2.24, 2.45) is 4.99 Å². The van der Waals surface area contributed by atoms with Crippen molar-refractivity contribution in [3.63, 3.8) is 0 Å². The largest absolute Gasteiger partial charge is 0.416 e. The minimum absolute atomic E-state index is 0.116. The summed E-state index contributed by atoms with van der Waals surface area (Å²) in [5, 5.41) is 2.64. The number of amides is 1. The predicted molar refractivity (Wildman–Crippen MR) is 100 cm³/mol. The lowest BCUT2D eigenvalue weighted by Crippen LogP contribution is -2.37. The number of nitrogens with one attached hydrogen (secondary N) is 1. The Morgan fingerprint density at radius 2 is 2.12 bits per heavy atom. The third kappa shape index (κ3) is 5.08. The van der Waals surface area contributed by atoms with Crippen LogP contribution in [0.25, 0.3) is 0 Å². The van der Waals surface area contributed by atoms with E-state index in [1.165, 1.54) is 17.8 Å². The Bertz CT molecular complexity index is 692. The van der Waals surface area contributed by atoms with Gasteiger partial charge in [-0.15, -0.1) is 0 Å². The molecule has 0 unspecified atom stereocenters. The monoisotopic (exact) mass is 405 g/mol. The summed E-state index contributed by atoms with van der Waals surface area (Å²) in [6.45, 7) is 2.87. The Kier molecular flexibility index (Phi) is 6.36. The average Bonchev–Trinajstić information content (AvgIpc) is 3.13. The van der Waals surface area contributed by atoms with Gasteiger partial charge in [0, 0.05) is 18.8 Å². The number of hydrogen-bond acceptors (Lipinski definition) is 6. The fourth-order valence-corrected chi connectivity index (χ4v) is 4.42. The second-order valence-electron chi connectivity index (χ2n) is 5.66. The Balaban J connectivity index is 1.75. The van der Waals surface area contributed by atoms with Crippen LogP contribution in [0.2, 0.25) is 0 Å². The molecular formula is C16H18F3N3O2S2. The van der Waals surface area contributed by atoms with E-state index < -0.39 is 11.7 Å². The molecule has 1 fully saturated rings. The first kappa shape index (κ1) is 19.4. The van der Waals surface area contributed by atoms with Crippen molar-refractivity contribution in [3.05, 3.63) is 23.8 Å². The molecule has 0 spiro atoms. The number of anilines is 2. The number of rotatable bonds is 4. The molecule has 26 heavy (non-hydrogen) atoms. The van der Waals surface area contributed by atoms with Gasteiger partial charge >= 0.3 is 6.18 Å². The van der Waals surface area contributed by atoms with Gasteiger partial charge in [-0.2, -0.15) is 13.2 Å². The summed E-state index contributed by atoms with van der Waals surface area (Å²) in [5.41, 5.74) is -0.0336. The Labute approximate surface area is 157 Å². The van der Waals surface area contributed by atoms with E-state index in [1.54, 1.807) is 11.8 Å². The lowest BCUT2D eigenvalue weighted by atomic mass is 10.1. The second kappa shape index (κ2) is 8.53. The molecule has 0 bridgehead atoms. The van der Waals surface area contributed by atoms with Gasteiger partial charge in [-0.3, -0.25) is 9.79 Å². The number of carbonyl (C=O) groups is 1. The van der Waals surface area contributed by atoms with Crippen LogP contribution in [0.3, 0.4) is 0 Å². The SMILES string of the molecule is O=C(CSC1=NCCS1)Nc1cc(C(F)(F)F)ccc1N1CCOCC1. The Morgan fingerprint density at radius 1 is 1.35 bits per heavy atom. The third-order valence-corrected chi connectivity index (χ3v) is 6.09. The standard InChI is InChI=1S/C16H18F3N3O2S2/c17-16(18,19)11-1-2-13(22-4-6-24-7-5-22)12(9-11)21-14(23)10-26-15-20-3-8-25-15/h1-2,9H,3-8,10H2,(H,21,23). The zero-order chi connectivity index (χ0) is 18.6. The maximum absolute atomic E-state index is 13.1. The molecule has 3 rings (SSSR count). The van der Waals surface area contributed by atoms with Gasteiger partial charge < -0.3 is 15.0 Å². The van der Waals surface area contributed by atoms with Crippen LogP contribution in [-0.4, -0.2) is 54.6 Å². The fourth-order valence-electron chi connectivity index (χ4n) is 2.61. The molecule has 1 saturated heterocycles. The highest BCUT2D eigenvalue weighted by Gasteiger charge is 2.32. The van der Waals surface area contributed by atoms with Crippen LogP contribution in [0.5, 0.6) is 0 Å². The third-order valence-electron chi connectivity index (χ3n) is 3.83. The molecule has 0 aromatic heterocycles. The molecule has 0 radical (unpaired) electrons. The van der Waals surface area contributed by atoms with Crippen LogP contribution in [-0.2, 0) is 15.7 Å². The normalized spacial score (nSPS) is 18.0. The maximum atomic E-state index is 13.1. The highest BCUT2D eigenvalue weighted by atomic mass is 32.2. The maximum Gasteiger partial charge on any atom is 0.416 e. The van der Waals surface area contributed by atoms with E-state index in [0.717, 1.165) is 28.8 Å². The molecule has 0 aliphatic carbocycles. The minimum atomic E-state index is -4.47. The number of nitrogens with zero attached hydrogens (tertiary/aromatic N) is 2. The number of aliphatic imine (C=N–C) groups is 1. The van der Waals surface area contributed by atoms with Gasteiger partial charge in [0.1, 0.15) is 4.38 Å². The second-order valence-corrected chi connectivity index (χ2v) is 7.97. The molecule has 142 valence electrons. The van der Waals surface area contributed by atoms with Crippen molar-refractivity contribution in [2.75, 3.05) is 54.6 Å². The number of carbonyl (C=O) groups excluding carboxylic acids is 1. The van der Waals surface area contributed by atoms with E-state index in [2.05, 4.69) is 10.3 Å². The van der Waals surface area contributed by atoms with Crippen molar-refractivity contribution in [1.29, 1.82) is 0 Å². The van der Waals surface area contributed by atoms with Gasteiger partial charge in [-0.05, 0) is 18.2 Å². The van der Waals surface area contributed by atoms with Gasteiger partial charge in [0.2, 0.25) is 5.91 Å². The molecule has 1 amide bonds. The average molecular weight is 405 g/mol. The molecule has 10 heteroatoms. The van der Waals surface area contributed by atoms with Gasteiger partial charge in [-0.25, -0.2) is 0 Å². The van der Waals surface area contributed by atoms with E-state index in [-0.39, 0.29) is 17.3 Å². The van der Waals surface area contributed by atoms with E-state index in [1.807, 2.05) is 4.90 Å².